The number of carbonyl (C=O) groups excluding carboxylic acids is 1. The first-order valence-corrected chi connectivity index (χ1v) is 13.1. The Morgan fingerprint density at radius 2 is 1.84 bits per heavy atom. The number of H-pyrrole nitrogens is 1. The maximum atomic E-state index is 13.2. The van der Waals surface area contributed by atoms with Crippen molar-refractivity contribution in [2.45, 2.75) is 63.6 Å². The third kappa shape index (κ3) is 3.80. The summed E-state index contributed by atoms with van der Waals surface area (Å²) >= 11 is 1.43. The predicted octanol–water partition coefficient (Wildman–Crippen LogP) is 2.58. The lowest BCUT2D eigenvalue weighted by Gasteiger charge is -2.57. The zero-order chi connectivity index (χ0) is 21.9. The highest BCUT2D eigenvalue weighted by molar-refractivity contribution is 7.17. The Morgan fingerprint density at radius 1 is 1.19 bits per heavy atom. The fourth-order valence-corrected chi connectivity index (χ4v) is 8.04. The van der Waals surface area contributed by atoms with Crippen LogP contribution in [0.25, 0.3) is 10.2 Å². The molecule has 0 aromatic carbocycles. The van der Waals surface area contributed by atoms with Crippen LogP contribution in [0.1, 0.15) is 51.3 Å². The molecule has 7 nitrogen and oxygen atoms in total. The van der Waals surface area contributed by atoms with Crippen molar-refractivity contribution < 1.29 is 4.79 Å². The van der Waals surface area contributed by atoms with Crippen LogP contribution in [-0.4, -0.2) is 63.4 Å². The molecule has 7 rings (SSSR count). The Bertz CT molecular complexity index is 1030. The number of nitrogens with zero attached hydrogens (tertiary/aromatic N) is 3. The monoisotopic (exact) mass is 455 g/mol. The van der Waals surface area contributed by atoms with E-state index in [0.29, 0.717) is 11.2 Å². The van der Waals surface area contributed by atoms with E-state index in [9.17, 15) is 9.59 Å². The maximum absolute atomic E-state index is 13.2. The molecule has 4 saturated carbocycles. The van der Waals surface area contributed by atoms with E-state index in [1.807, 2.05) is 11.4 Å². The maximum Gasteiger partial charge on any atom is 0.268 e. The number of hydrogen-bond donors (Lipinski definition) is 2. The van der Waals surface area contributed by atoms with E-state index < -0.39 is 0 Å². The quantitative estimate of drug-likeness (QED) is 0.724. The first-order valence-electron chi connectivity index (χ1n) is 12.2. The summed E-state index contributed by atoms with van der Waals surface area (Å²) in [5.74, 6) is 3.47. The van der Waals surface area contributed by atoms with E-state index >= 15 is 0 Å². The van der Waals surface area contributed by atoms with E-state index in [2.05, 4.69) is 32.0 Å². The molecule has 5 aliphatic rings. The zero-order valence-electron chi connectivity index (χ0n) is 18.8. The van der Waals surface area contributed by atoms with Gasteiger partial charge in [-0.2, -0.15) is 0 Å². The highest BCUT2D eigenvalue weighted by Crippen LogP contribution is 2.55. The van der Waals surface area contributed by atoms with Crippen molar-refractivity contribution in [3.63, 3.8) is 0 Å². The van der Waals surface area contributed by atoms with Gasteiger partial charge < -0.3 is 10.3 Å². The molecule has 2 aromatic rings. The molecule has 32 heavy (non-hydrogen) atoms. The minimum atomic E-state index is -0.0924. The van der Waals surface area contributed by atoms with Crippen LogP contribution in [0.4, 0.5) is 0 Å². The molecule has 4 bridgehead atoms. The van der Waals surface area contributed by atoms with Gasteiger partial charge in [0.25, 0.3) is 5.56 Å². The second-order valence-electron chi connectivity index (χ2n) is 10.8. The van der Waals surface area contributed by atoms with Crippen LogP contribution < -0.4 is 10.9 Å². The molecule has 1 amide bonds. The summed E-state index contributed by atoms with van der Waals surface area (Å²) in [6, 6.07) is 1.81. The number of rotatable bonds is 5. The van der Waals surface area contributed by atoms with Gasteiger partial charge in [0.1, 0.15) is 10.5 Å². The first-order chi connectivity index (χ1) is 15.5. The van der Waals surface area contributed by atoms with Gasteiger partial charge in [0, 0.05) is 31.7 Å². The second kappa shape index (κ2) is 7.92. The molecular formula is C24H33N5O2S. The average molecular weight is 456 g/mol. The summed E-state index contributed by atoms with van der Waals surface area (Å²) in [6.45, 7) is 6.18. The van der Waals surface area contributed by atoms with E-state index in [1.54, 1.807) is 0 Å². The highest BCUT2D eigenvalue weighted by atomic mass is 32.1. The van der Waals surface area contributed by atoms with Crippen molar-refractivity contribution in [3.05, 3.63) is 27.6 Å². The van der Waals surface area contributed by atoms with Gasteiger partial charge in [-0.25, -0.2) is 4.98 Å². The fourth-order valence-electron chi connectivity index (χ4n) is 7.31. The van der Waals surface area contributed by atoms with Gasteiger partial charge in [0.05, 0.1) is 18.1 Å². The lowest BCUT2D eigenvalue weighted by atomic mass is 9.53. The molecule has 1 saturated heterocycles. The van der Waals surface area contributed by atoms with E-state index in [-0.39, 0.29) is 23.0 Å². The molecule has 2 aromatic heterocycles. The summed E-state index contributed by atoms with van der Waals surface area (Å²) in [6.07, 6.45) is 7.78. The summed E-state index contributed by atoms with van der Waals surface area (Å²) in [4.78, 5) is 37.6. The van der Waals surface area contributed by atoms with Crippen molar-refractivity contribution in [3.8, 4) is 0 Å². The van der Waals surface area contributed by atoms with Gasteiger partial charge in [0.2, 0.25) is 5.91 Å². The second-order valence-corrected chi connectivity index (χ2v) is 11.7. The Balaban J connectivity index is 1.04. The van der Waals surface area contributed by atoms with Gasteiger partial charge in [0.15, 0.2) is 0 Å². The summed E-state index contributed by atoms with van der Waals surface area (Å²) in [5.41, 5.74) is 0.815. The lowest BCUT2D eigenvalue weighted by Crippen LogP contribution is -2.63. The number of piperazine rings is 1. The van der Waals surface area contributed by atoms with E-state index in [0.717, 1.165) is 55.3 Å². The van der Waals surface area contributed by atoms with Crippen LogP contribution >= 0.6 is 11.3 Å². The molecule has 0 radical (unpaired) electrons. The van der Waals surface area contributed by atoms with Crippen molar-refractivity contribution in [1.82, 2.24) is 25.1 Å². The molecule has 0 spiro atoms. The number of carbonyl (C=O) groups is 1. The zero-order valence-corrected chi connectivity index (χ0v) is 19.6. The first kappa shape index (κ1) is 20.8. The smallest absolute Gasteiger partial charge is 0.268 e. The third-order valence-electron chi connectivity index (χ3n) is 8.50. The van der Waals surface area contributed by atoms with Crippen molar-refractivity contribution >= 4 is 27.5 Å². The largest absolute Gasteiger partial charge is 0.349 e. The summed E-state index contributed by atoms with van der Waals surface area (Å²) in [5, 5.41) is 5.46. The number of fused-ring (bicyclic) bond motifs is 1. The number of nitrogens with one attached hydrogen (secondary N) is 2. The van der Waals surface area contributed by atoms with Crippen molar-refractivity contribution in [1.29, 1.82) is 0 Å². The number of aromatic amines is 1. The average Bonchev–Trinajstić information content (AvgIpc) is 3.22. The molecule has 172 valence electrons. The highest BCUT2D eigenvalue weighted by Gasteiger charge is 2.51. The summed E-state index contributed by atoms with van der Waals surface area (Å²) in [7, 11) is 0. The van der Waals surface area contributed by atoms with Crippen LogP contribution in [0.5, 0.6) is 0 Å². The van der Waals surface area contributed by atoms with Crippen molar-refractivity contribution in [2.24, 2.45) is 17.8 Å². The topological polar surface area (TPSA) is 81.3 Å². The Kier molecular flexibility index (Phi) is 5.15. The number of aromatic nitrogens is 2. The van der Waals surface area contributed by atoms with Crippen LogP contribution in [0.2, 0.25) is 0 Å². The molecule has 1 aliphatic heterocycles. The van der Waals surface area contributed by atoms with Gasteiger partial charge in [-0.1, -0.05) is 0 Å². The van der Waals surface area contributed by atoms with Crippen LogP contribution in [0.15, 0.2) is 16.2 Å². The number of hydrogen-bond acceptors (Lipinski definition) is 6. The molecule has 3 heterocycles. The molecule has 8 heteroatoms. The Morgan fingerprint density at radius 3 is 2.50 bits per heavy atom. The molecule has 5 fully saturated rings. The minimum Gasteiger partial charge on any atom is -0.349 e. The standard InChI is InChI=1S/C24H33N5O2S/c1-15(22(30)27-24-11-16-8-17(12-24)10-18(9-16)13-24)29-5-3-28(4-6-29)14-20-25-19-2-7-32-21(19)23(31)26-20/h2,7,15-18H,3-6,8-14H2,1H3,(H,27,30)(H,25,26,31). The van der Waals surface area contributed by atoms with Gasteiger partial charge in [-0.15, -0.1) is 11.3 Å². The molecule has 4 aliphatic carbocycles. The predicted molar refractivity (Wildman–Crippen MR) is 126 cm³/mol. The van der Waals surface area contributed by atoms with E-state index in [4.69, 9.17) is 0 Å². The Hall–Kier alpha value is -1.77. The van der Waals surface area contributed by atoms with Gasteiger partial charge in [-0.05, 0) is 74.6 Å². The number of thiophene rings is 1. The van der Waals surface area contributed by atoms with Crippen molar-refractivity contribution in [2.75, 3.05) is 26.2 Å². The van der Waals surface area contributed by atoms with Gasteiger partial charge >= 0.3 is 0 Å². The molecule has 2 N–H and O–H groups in total. The lowest BCUT2D eigenvalue weighted by molar-refractivity contribution is -0.132. The van der Waals surface area contributed by atoms with E-state index in [1.165, 1.54) is 49.9 Å². The van der Waals surface area contributed by atoms with Crippen LogP contribution in [-0.2, 0) is 11.3 Å². The minimum absolute atomic E-state index is 0.0476. The van der Waals surface area contributed by atoms with Crippen LogP contribution in [0.3, 0.4) is 0 Å². The molecule has 1 unspecified atom stereocenters. The Labute approximate surface area is 192 Å². The third-order valence-corrected chi connectivity index (χ3v) is 9.40. The summed E-state index contributed by atoms with van der Waals surface area (Å²) < 4.78 is 0.692. The fraction of sp³-hybridized carbons (Fsp3) is 0.708. The normalized spacial score (nSPS) is 33.6. The van der Waals surface area contributed by atoms with Gasteiger partial charge in [-0.3, -0.25) is 19.4 Å². The van der Waals surface area contributed by atoms with Crippen LogP contribution in [0, 0.1) is 17.8 Å². The molecule has 1 atom stereocenters. The number of amides is 1. The SMILES string of the molecule is CC(C(=O)NC12CC3CC(CC(C3)C1)C2)N1CCN(Cc2nc3ccsc3c(=O)[nH]2)CC1. The molecular weight excluding hydrogens is 422 g/mol.